The van der Waals surface area contributed by atoms with Crippen LogP contribution in [0.15, 0.2) is 108 Å². The number of carboxylic acids is 1. The zero-order valence-electron chi connectivity index (χ0n) is 21.1. The molecule has 2 N–H and O–H groups in total. The van der Waals surface area contributed by atoms with Crippen LogP contribution in [0.25, 0.3) is 0 Å². The first-order valence-electron chi connectivity index (χ1n) is 12.4. The van der Waals surface area contributed by atoms with Gasteiger partial charge in [0.25, 0.3) is 5.91 Å². The van der Waals surface area contributed by atoms with Crippen molar-refractivity contribution in [1.82, 2.24) is 5.32 Å². The van der Waals surface area contributed by atoms with Gasteiger partial charge in [-0.05, 0) is 65.7 Å². The minimum atomic E-state index is -1.11. The average molecular weight is 590 g/mol. The monoisotopic (exact) mass is 589 g/mol. The summed E-state index contributed by atoms with van der Waals surface area (Å²) in [4.78, 5) is 24.6. The summed E-state index contributed by atoms with van der Waals surface area (Å²) in [6, 6.07) is 30.0. The summed E-state index contributed by atoms with van der Waals surface area (Å²) < 4.78 is 18.0. The molecule has 200 valence electrons. The van der Waals surface area contributed by atoms with E-state index in [0.717, 1.165) is 21.3 Å². The van der Waals surface area contributed by atoms with Crippen LogP contribution < -0.4 is 19.5 Å². The van der Waals surface area contributed by atoms with E-state index in [4.69, 9.17) is 14.2 Å². The maximum atomic E-state index is 12.7. The fraction of sp³-hybridized carbons (Fsp3) is 0.161. The molecule has 0 saturated carbocycles. The summed E-state index contributed by atoms with van der Waals surface area (Å²) in [5.41, 5.74) is 2.16. The molecule has 1 atom stereocenters. The minimum Gasteiger partial charge on any atom is -0.490 e. The van der Waals surface area contributed by atoms with Gasteiger partial charge < -0.3 is 24.6 Å². The third-order valence-corrected chi connectivity index (χ3v) is 6.24. The molecule has 0 aliphatic carbocycles. The van der Waals surface area contributed by atoms with Crippen LogP contribution in [-0.2, 0) is 17.8 Å². The lowest BCUT2D eigenvalue weighted by molar-refractivity contribution is -0.139. The van der Waals surface area contributed by atoms with Gasteiger partial charge in [0, 0.05) is 16.5 Å². The summed E-state index contributed by atoms with van der Waals surface area (Å²) in [7, 11) is 0. The number of carboxylic acid groups (broad SMARTS) is 1. The van der Waals surface area contributed by atoms with Crippen molar-refractivity contribution in [3.8, 4) is 17.2 Å². The van der Waals surface area contributed by atoms with Gasteiger partial charge in [-0.2, -0.15) is 0 Å². The van der Waals surface area contributed by atoms with Gasteiger partial charge in [0.2, 0.25) is 0 Å². The van der Waals surface area contributed by atoms with Crippen LogP contribution in [0.3, 0.4) is 0 Å². The van der Waals surface area contributed by atoms with Gasteiger partial charge >= 0.3 is 5.97 Å². The highest BCUT2D eigenvalue weighted by molar-refractivity contribution is 9.10. The topological polar surface area (TPSA) is 94.1 Å². The van der Waals surface area contributed by atoms with Crippen molar-refractivity contribution >= 4 is 27.8 Å². The largest absolute Gasteiger partial charge is 0.490 e. The van der Waals surface area contributed by atoms with Crippen LogP contribution in [0.4, 0.5) is 0 Å². The lowest BCUT2D eigenvalue weighted by atomic mass is 10.1. The molecule has 4 aromatic rings. The molecule has 8 heteroatoms. The highest BCUT2D eigenvalue weighted by atomic mass is 79.9. The molecular formula is C31H28BrNO6. The molecule has 0 aromatic heterocycles. The lowest BCUT2D eigenvalue weighted by Crippen LogP contribution is -2.42. The van der Waals surface area contributed by atoms with Gasteiger partial charge in [-0.3, -0.25) is 4.79 Å². The fourth-order valence-electron chi connectivity index (χ4n) is 3.72. The zero-order valence-corrected chi connectivity index (χ0v) is 22.7. The van der Waals surface area contributed by atoms with Gasteiger partial charge in [0.1, 0.15) is 43.1 Å². The number of amides is 1. The molecule has 0 aliphatic rings. The number of benzene rings is 4. The van der Waals surface area contributed by atoms with Crippen LogP contribution in [0, 0.1) is 0 Å². The van der Waals surface area contributed by atoms with E-state index in [1.165, 1.54) is 0 Å². The second-order valence-electron chi connectivity index (χ2n) is 8.67. The van der Waals surface area contributed by atoms with E-state index in [-0.39, 0.29) is 6.42 Å². The third-order valence-electron chi connectivity index (χ3n) is 5.75. The van der Waals surface area contributed by atoms with Crippen molar-refractivity contribution in [3.05, 3.63) is 124 Å². The Kier molecular flexibility index (Phi) is 9.97. The molecule has 4 rings (SSSR count). The predicted octanol–water partition coefficient (Wildman–Crippen LogP) is 5.91. The average Bonchev–Trinajstić information content (AvgIpc) is 2.95. The first kappa shape index (κ1) is 27.7. The van der Waals surface area contributed by atoms with E-state index in [1.807, 2.05) is 54.6 Å². The van der Waals surface area contributed by atoms with Crippen LogP contribution in [0.2, 0.25) is 0 Å². The lowest BCUT2D eigenvalue weighted by Gasteiger charge is -2.15. The van der Waals surface area contributed by atoms with Crippen LogP contribution in [-0.4, -0.2) is 36.2 Å². The predicted molar refractivity (Wildman–Crippen MR) is 151 cm³/mol. The van der Waals surface area contributed by atoms with Gasteiger partial charge in [0.05, 0.1) is 0 Å². The molecule has 0 aliphatic heterocycles. The molecule has 0 heterocycles. The van der Waals surface area contributed by atoms with Crippen molar-refractivity contribution in [2.75, 3.05) is 13.2 Å². The van der Waals surface area contributed by atoms with Gasteiger partial charge in [0.15, 0.2) is 0 Å². The Hall–Kier alpha value is -4.30. The smallest absolute Gasteiger partial charge is 0.326 e. The molecule has 0 spiro atoms. The van der Waals surface area contributed by atoms with Crippen molar-refractivity contribution in [1.29, 1.82) is 0 Å². The number of rotatable bonds is 13. The third kappa shape index (κ3) is 8.90. The quantitative estimate of drug-likeness (QED) is 0.188. The molecule has 7 nitrogen and oxygen atoms in total. The Morgan fingerprint density at radius 3 is 2.03 bits per heavy atom. The van der Waals surface area contributed by atoms with Crippen LogP contribution >= 0.6 is 15.9 Å². The summed E-state index contributed by atoms with van der Waals surface area (Å²) >= 11 is 3.40. The number of nitrogens with one attached hydrogen (secondary N) is 1. The Morgan fingerprint density at radius 1 is 0.718 bits per heavy atom. The number of ether oxygens (including phenoxy) is 3. The summed E-state index contributed by atoms with van der Waals surface area (Å²) in [6.07, 6.45) is 0.138. The van der Waals surface area contributed by atoms with E-state index in [9.17, 15) is 14.7 Å². The first-order valence-corrected chi connectivity index (χ1v) is 13.2. The number of carbonyl (C=O) groups is 2. The molecule has 0 radical (unpaired) electrons. The van der Waals surface area contributed by atoms with Crippen LogP contribution in [0.1, 0.15) is 21.5 Å². The number of halogens is 1. The highest BCUT2D eigenvalue weighted by Crippen LogP contribution is 2.19. The van der Waals surface area contributed by atoms with E-state index >= 15 is 0 Å². The summed E-state index contributed by atoms with van der Waals surface area (Å²) in [5.74, 6) is 0.405. The molecule has 4 aromatic carbocycles. The molecule has 0 bridgehead atoms. The van der Waals surface area contributed by atoms with Crippen molar-refractivity contribution < 1.29 is 28.9 Å². The summed E-state index contributed by atoms with van der Waals surface area (Å²) in [6.45, 7) is 1.13. The number of aliphatic carboxylic acids is 1. The number of carbonyl (C=O) groups excluding carboxylic acids is 1. The second-order valence-corrected chi connectivity index (χ2v) is 9.58. The second kappa shape index (κ2) is 14.0. The molecule has 1 amide bonds. The molecule has 0 fully saturated rings. The standard InChI is InChI=1S/C31H28BrNO6/c32-25-7-4-8-28(20-25)38-18-17-37-26-15-11-24(12-16-26)30(34)33-29(31(35)36)19-22-9-13-27(14-10-22)39-21-23-5-2-1-3-6-23/h1-16,20,29H,17-19,21H2,(H,33,34)(H,35,36)/t29-/m0/s1. The molecule has 39 heavy (non-hydrogen) atoms. The summed E-state index contributed by atoms with van der Waals surface area (Å²) in [5, 5.41) is 12.3. The van der Waals surface area contributed by atoms with Crippen molar-refractivity contribution in [2.45, 2.75) is 19.1 Å². The highest BCUT2D eigenvalue weighted by Gasteiger charge is 2.21. The van der Waals surface area contributed by atoms with E-state index in [1.54, 1.807) is 48.5 Å². The normalized spacial score (nSPS) is 11.3. The SMILES string of the molecule is O=C(N[C@@H](Cc1ccc(OCc2ccccc2)cc1)C(=O)O)c1ccc(OCCOc2cccc(Br)c2)cc1. The van der Waals surface area contributed by atoms with Gasteiger partial charge in [-0.1, -0.05) is 64.5 Å². The first-order chi connectivity index (χ1) is 19.0. The Balaban J connectivity index is 1.24. The minimum absolute atomic E-state index is 0.138. The van der Waals surface area contributed by atoms with Crippen LogP contribution in [0.5, 0.6) is 17.2 Å². The van der Waals surface area contributed by atoms with E-state index in [2.05, 4.69) is 21.2 Å². The van der Waals surface area contributed by atoms with Gasteiger partial charge in [-0.25, -0.2) is 4.79 Å². The number of hydrogen-bond donors (Lipinski definition) is 2. The number of hydrogen-bond acceptors (Lipinski definition) is 5. The Bertz CT molecular complexity index is 1360. The van der Waals surface area contributed by atoms with Crippen molar-refractivity contribution in [3.63, 3.8) is 0 Å². The fourth-order valence-corrected chi connectivity index (χ4v) is 4.10. The maximum absolute atomic E-state index is 12.7. The van der Waals surface area contributed by atoms with E-state index in [0.29, 0.717) is 36.9 Å². The van der Waals surface area contributed by atoms with Gasteiger partial charge in [-0.15, -0.1) is 0 Å². The molecule has 0 unspecified atom stereocenters. The Morgan fingerprint density at radius 2 is 1.36 bits per heavy atom. The maximum Gasteiger partial charge on any atom is 0.326 e. The molecule has 0 saturated heterocycles. The zero-order chi connectivity index (χ0) is 27.5. The van der Waals surface area contributed by atoms with E-state index < -0.39 is 17.9 Å². The van der Waals surface area contributed by atoms with Crippen molar-refractivity contribution in [2.24, 2.45) is 0 Å². The Labute approximate surface area is 235 Å². The molecular weight excluding hydrogens is 562 g/mol.